The standard InChI is InChI=1S/C16H14N2O4S/c1-10(14(20)18-15-13(8-17)6-7-23-15)22-16(21)12-4-2-11(9-19)3-5-12/h2-7,10,19H,9H2,1H3,(H,18,20)/t10-/m1/s1. The van der Waals surface area contributed by atoms with Crippen molar-refractivity contribution in [3.05, 3.63) is 52.4 Å². The van der Waals surface area contributed by atoms with E-state index in [1.54, 1.807) is 23.6 Å². The maximum absolute atomic E-state index is 12.0. The molecule has 1 amide bonds. The molecule has 1 atom stereocenters. The fourth-order valence-corrected chi connectivity index (χ4v) is 2.48. The molecule has 2 rings (SSSR count). The molecular formula is C16H14N2O4S. The fourth-order valence-electron chi connectivity index (χ4n) is 1.74. The van der Waals surface area contributed by atoms with Gasteiger partial charge in [-0.1, -0.05) is 12.1 Å². The number of aliphatic hydroxyl groups is 1. The second-order valence-electron chi connectivity index (χ2n) is 4.67. The van der Waals surface area contributed by atoms with E-state index in [2.05, 4.69) is 5.32 Å². The van der Waals surface area contributed by atoms with Gasteiger partial charge in [0.2, 0.25) is 0 Å². The quantitative estimate of drug-likeness (QED) is 0.820. The van der Waals surface area contributed by atoms with Gasteiger partial charge < -0.3 is 15.2 Å². The van der Waals surface area contributed by atoms with E-state index in [-0.39, 0.29) is 12.2 Å². The van der Waals surface area contributed by atoms with Crippen molar-refractivity contribution in [3.8, 4) is 6.07 Å². The van der Waals surface area contributed by atoms with Gasteiger partial charge in [-0.15, -0.1) is 11.3 Å². The minimum Gasteiger partial charge on any atom is -0.449 e. The van der Waals surface area contributed by atoms with Crippen molar-refractivity contribution in [2.45, 2.75) is 19.6 Å². The largest absolute Gasteiger partial charge is 0.449 e. The Morgan fingerprint density at radius 3 is 2.65 bits per heavy atom. The van der Waals surface area contributed by atoms with Crippen molar-refractivity contribution >= 4 is 28.2 Å². The molecule has 0 radical (unpaired) electrons. The van der Waals surface area contributed by atoms with Crippen molar-refractivity contribution in [3.63, 3.8) is 0 Å². The number of benzene rings is 1. The summed E-state index contributed by atoms with van der Waals surface area (Å²) in [5.74, 6) is -1.15. The molecule has 23 heavy (non-hydrogen) atoms. The van der Waals surface area contributed by atoms with Crippen molar-refractivity contribution in [2.75, 3.05) is 5.32 Å². The monoisotopic (exact) mass is 330 g/mol. The van der Waals surface area contributed by atoms with E-state index in [0.29, 0.717) is 16.1 Å². The van der Waals surface area contributed by atoms with Gasteiger partial charge in [-0.05, 0) is 36.1 Å². The highest BCUT2D eigenvalue weighted by Gasteiger charge is 2.20. The molecular weight excluding hydrogens is 316 g/mol. The zero-order valence-electron chi connectivity index (χ0n) is 12.3. The number of hydrogen-bond acceptors (Lipinski definition) is 6. The molecule has 0 bridgehead atoms. The van der Waals surface area contributed by atoms with Gasteiger partial charge in [-0.25, -0.2) is 4.79 Å². The first-order chi connectivity index (χ1) is 11.0. The summed E-state index contributed by atoms with van der Waals surface area (Å²) in [6.45, 7) is 1.34. The van der Waals surface area contributed by atoms with Crippen LogP contribution in [0.3, 0.4) is 0 Å². The van der Waals surface area contributed by atoms with Gasteiger partial charge in [0, 0.05) is 0 Å². The summed E-state index contributed by atoms with van der Waals surface area (Å²) >= 11 is 1.22. The Labute approximate surface area is 136 Å². The van der Waals surface area contributed by atoms with E-state index in [0.717, 1.165) is 0 Å². The second-order valence-corrected chi connectivity index (χ2v) is 5.58. The van der Waals surface area contributed by atoms with Crippen molar-refractivity contribution < 1.29 is 19.4 Å². The van der Waals surface area contributed by atoms with Crippen LogP contribution in [0, 0.1) is 11.3 Å². The number of ether oxygens (including phenoxy) is 1. The Hall–Kier alpha value is -2.69. The number of rotatable bonds is 5. The molecule has 118 valence electrons. The molecule has 0 fully saturated rings. The molecule has 1 heterocycles. The molecule has 6 nitrogen and oxygen atoms in total. The summed E-state index contributed by atoms with van der Waals surface area (Å²) < 4.78 is 5.10. The van der Waals surface area contributed by atoms with Gasteiger partial charge in [0.1, 0.15) is 11.1 Å². The van der Waals surface area contributed by atoms with Crippen LogP contribution < -0.4 is 5.32 Å². The molecule has 7 heteroatoms. The van der Waals surface area contributed by atoms with Crippen LogP contribution in [0.4, 0.5) is 5.00 Å². The zero-order chi connectivity index (χ0) is 16.8. The van der Waals surface area contributed by atoms with Gasteiger partial charge >= 0.3 is 5.97 Å². The molecule has 0 aliphatic carbocycles. The minimum absolute atomic E-state index is 0.115. The second kappa shape index (κ2) is 7.54. The van der Waals surface area contributed by atoms with Crippen LogP contribution in [0.5, 0.6) is 0 Å². The van der Waals surface area contributed by atoms with Gasteiger partial charge in [-0.3, -0.25) is 4.79 Å². The predicted molar refractivity (Wildman–Crippen MR) is 84.9 cm³/mol. The number of carbonyl (C=O) groups excluding carboxylic acids is 2. The Balaban J connectivity index is 1.97. The molecule has 1 aromatic heterocycles. The van der Waals surface area contributed by atoms with E-state index in [4.69, 9.17) is 15.1 Å². The maximum atomic E-state index is 12.0. The highest BCUT2D eigenvalue weighted by Crippen LogP contribution is 2.22. The lowest BCUT2D eigenvalue weighted by molar-refractivity contribution is -0.123. The summed E-state index contributed by atoms with van der Waals surface area (Å²) in [6, 6.07) is 9.81. The van der Waals surface area contributed by atoms with Gasteiger partial charge in [0.15, 0.2) is 6.10 Å². The Bertz CT molecular complexity index is 746. The maximum Gasteiger partial charge on any atom is 0.338 e. The number of nitrogens with zero attached hydrogens (tertiary/aromatic N) is 1. The van der Waals surface area contributed by atoms with E-state index in [1.165, 1.54) is 30.4 Å². The number of carbonyl (C=O) groups is 2. The van der Waals surface area contributed by atoms with Crippen molar-refractivity contribution in [1.82, 2.24) is 0 Å². The average Bonchev–Trinajstić information content (AvgIpc) is 3.01. The Morgan fingerprint density at radius 2 is 2.04 bits per heavy atom. The number of anilines is 1. The van der Waals surface area contributed by atoms with Crippen LogP contribution in [0.2, 0.25) is 0 Å². The van der Waals surface area contributed by atoms with E-state index >= 15 is 0 Å². The third-order valence-corrected chi connectivity index (χ3v) is 3.88. The fraction of sp³-hybridized carbons (Fsp3) is 0.188. The zero-order valence-corrected chi connectivity index (χ0v) is 13.1. The topological polar surface area (TPSA) is 99.4 Å². The number of aliphatic hydroxyl groups excluding tert-OH is 1. The smallest absolute Gasteiger partial charge is 0.338 e. The lowest BCUT2D eigenvalue weighted by Crippen LogP contribution is -2.29. The van der Waals surface area contributed by atoms with E-state index in [1.807, 2.05) is 6.07 Å². The number of thiophene rings is 1. The van der Waals surface area contributed by atoms with Crippen LogP contribution in [-0.2, 0) is 16.1 Å². The van der Waals surface area contributed by atoms with Crippen LogP contribution >= 0.6 is 11.3 Å². The Morgan fingerprint density at radius 1 is 1.35 bits per heavy atom. The molecule has 0 unspecified atom stereocenters. The molecule has 1 aromatic carbocycles. The SMILES string of the molecule is C[C@@H](OC(=O)c1ccc(CO)cc1)C(=O)Nc1sccc1C#N. The molecule has 0 aliphatic rings. The number of hydrogen-bond donors (Lipinski definition) is 2. The van der Waals surface area contributed by atoms with Crippen molar-refractivity contribution in [2.24, 2.45) is 0 Å². The Kier molecular flexibility index (Phi) is 5.46. The van der Waals surface area contributed by atoms with Gasteiger partial charge in [-0.2, -0.15) is 5.26 Å². The first kappa shape index (κ1) is 16.7. The third kappa shape index (κ3) is 4.16. The normalized spacial score (nSPS) is 11.3. The number of amides is 1. The molecule has 2 aromatic rings. The minimum atomic E-state index is -1.01. The van der Waals surface area contributed by atoms with Crippen LogP contribution in [0.15, 0.2) is 35.7 Å². The summed E-state index contributed by atoms with van der Waals surface area (Å²) in [5, 5.41) is 22.5. The van der Waals surface area contributed by atoms with Gasteiger partial charge in [0.25, 0.3) is 5.91 Å². The number of nitrogens with one attached hydrogen (secondary N) is 1. The summed E-state index contributed by atoms with van der Waals surface area (Å²) in [5.41, 5.74) is 1.33. The van der Waals surface area contributed by atoms with Crippen LogP contribution in [-0.4, -0.2) is 23.1 Å². The molecule has 0 aliphatic heterocycles. The molecule has 0 saturated heterocycles. The first-order valence-electron chi connectivity index (χ1n) is 6.74. The highest BCUT2D eigenvalue weighted by atomic mass is 32.1. The third-order valence-electron chi connectivity index (χ3n) is 3.05. The first-order valence-corrected chi connectivity index (χ1v) is 7.62. The van der Waals surface area contributed by atoms with E-state index in [9.17, 15) is 9.59 Å². The predicted octanol–water partition coefficient (Wildman–Crippen LogP) is 2.30. The van der Waals surface area contributed by atoms with Crippen LogP contribution in [0.25, 0.3) is 0 Å². The highest BCUT2D eigenvalue weighted by molar-refractivity contribution is 7.14. The number of esters is 1. The average molecular weight is 330 g/mol. The van der Waals surface area contributed by atoms with Crippen molar-refractivity contribution in [1.29, 1.82) is 5.26 Å². The van der Waals surface area contributed by atoms with Gasteiger partial charge in [0.05, 0.1) is 17.7 Å². The van der Waals surface area contributed by atoms with Crippen LogP contribution in [0.1, 0.15) is 28.4 Å². The summed E-state index contributed by atoms with van der Waals surface area (Å²) in [4.78, 5) is 24.0. The molecule has 0 spiro atoms. The lowest BCUT2D eigenvalue weighted by atomic mass is 10.1. The molecule has 2 N–H and O–H groups in total. The number of nitriles is 1. The molecule has 0 saturated carbocycles. The lowest BCUT2D eigenvalue weighted by Gasteiger charge is -2.13. The van der Waals surface area contributed by atoms with E-state index < -0.39 is 18.0 Å². The summed E-state index contributed by atoms with van der Waals surface area (Å²) in [7, 11) is 0. The summed E-state index contributed by atoms with van der Waals surface area (Å²) in [6.07, 6.45) is -1.01.